The molecule has 0 spiro atoms. The van der Waals surface area contributed by atoms with Gasteiger partial charge in [-0.3, -0.25) is 0 Å². The fraction of sp³-hybridized carbons (Fsp3) is 0.429. The van der Waals surface area contributed by atoms with Crippen LogP contribution in [0.1, 0.15) is 25.3 Å². The number of aliphatic hydroxyl groups excluding tert-OH is 1. The topological polar surface area (TPSA) is 57.6 Å². The number of sulfonamides is 1. The number of nitrogens with zero attached hydrogens (tertiary/aromatic N) is 1. The number of halogens is 2. The van der Waals surface area contributed by atoms with Crippen LogP contribution in [0.15, 0.2) is 17.0 Å². The molecule has 0 unspecified atom stereocenters. The van der Waals surface area contributed by atoms with Crippen LogP contribution >= 0.6 is 23.2 Å². The van der Waals surface area contributed by atoms with E-state index in [0.717, 1.165) is 0 Å². The summed E-state index contributed by atoms with van der Waals surface area (Å²) in [5.41, 5.74) is 0.510. The average molecular weight is 350 g/mol. The second kappa shape index (κ2) is 8.02. The summed E-state index contributed by atoms with van der Waals surface area (Å²) in [6, 6.07) is 2.93. The van der Waals surface area contributed by atoms with Crippen LogP contribution in [0.2, 0.25) is 10.0 Å². The van der Waals surface area contributed by atoms with Gasteiger partial charge in [0.2, 0.25) is 10.0 Å². The van der Waals surface area contributed by atoms with Gasteiger partial charge in [0.15, 0.2) is 0 Å². The first-order valence-electron chi connectivity index (χ1n) is 6.39. The van der Waals surface area contributed by atoms with Crippen molar-refractivity contribution >= 4 is 33.2 Å². The van der Waals surface area contributed by atoms with Crippen molar-refractivity contribution in [2.45, 2.75) is 24.7 Å². The average Bonchev–Trinajstić information content (AvgIpc) is 2.38. The Balaban J connectivity index is 3.26. The Morgan fingerprint density at radius 2 is 1.86 bits per heavy atom. The van der Waals surface area contributed by atoms with Crippen LogP contribution < -0.4 is 0 Å². The molecule has 0 heterocycles. The number of aliphatic hydroxyl groups is 1. The van der Waals surface area contributed by atoms with Gasteiger partial charge < -0.3 is 5.11 Å². The fourth-order valence-corrected chi connectivity index (χ4v) is 4.11. The largest absolute Gasteiger partial charge is 0.395 e. The van der Waals surface area contributed by atoms with Crippen LogP contribution in [-0.4, -0.2) is 38.0 Å². The van der Waals surface area contributed by atoms with E-state index in [2.05, 4.69) is 11.8 Å². The van der Waals surface area contributed by atoms with E-state index in [1.165, 1.54) is 23.5 Å². The van der Waals surface area contributed by atoms with Gasteiger partial charge in [-0.15, -0.1) is 0 Å². The van der Waals surface area contributed by atoms with Crippen molar-refractivity contribution < 1.29 is 13.5 Å². The monoisotopic (exact) mass is 349 g/mol. The van der Waals surface area contributed by atoms with E-state index in [1.807, 2.05) is 6.92 Å². The molecule has 0 fully saturated rings. The van der Waals surface area contributed by atoms with E-state index in [0.29, 0.717) is 24.9 Å². The van der Waals surface area contributed by atoms with Crippen molar-refractivity contribution in [2.24, 2.45) is 0 Å². The Morgan fingerprint density at radius 1 is 1.29 bits per heavy atom. The SMILES string of the molecule is CCCN(C)S(=O)(=O)c1c(Cl)cc(C#CCCO)cc1Cl. The quantitative estimate of drug-likeness (QED) is 0.831. The van der Waals surface area contributed by atoms with E-state index in [-0.39, 0.29) is 21.5 Å². The minimum Gasteiger partial charge on any atom is -0.395 e. The molecular weight excluding hydrogens is 333 g/mol. The maximum Gasteiger partial charge on any atom is 0.245 e. The molecule has 0 aliphatic rings. The molecule has 4 nitrogen and oxygen atoms in total. The maximum absolute atomic E-state index is 12.4. The lowest BCUT2D eigenvalue weighted by atomic mass is 10.2. The number of rotatable bonds is 5. The van der Waals surface area contributed by atoms with Crippen LogP contribution in [-0.2, 0) is 10.0 Å². The number of hydrogen-bond donors (Lipinski definition) is 1. The molecule has 21 heavy (non-hydrogen) atoms. The summed E-state index contributed by atoms with van der Waals surface area (Å²) >= 11 is 12.1. The Labute approximate surface area is 135 Å². The highest BCUT2D eigenvalue weighted by molar-refractivity contribution is 7.89. The summed E-state index contributed by atoms with van der Waals surface area (Å²) in [5, 5.41) is 8.76. The third-order valence-electron chi connectivity index (χ3n) is 2.67. The van der Waals surface area contributed by atoms with Crippen LogP contribution in [0.3, 0.4) is 0 Å². The van der Waals surface area contributed by atoms with Gasteiger partial charge in [-0.25, -0.2) is 12.7 Å². The smallest absolute Gasteiger partial charge is 0.245 e. The second-order valence-electron chi connectivity index (χ2n) is 4.37. The normalized spacial score (nSPS) is 11.3. The van der Waals surface area contributed by atoms with Crippen molar-refractivity contribution in [1.82, 2.24) is 4.31 Å². The van der Waals surface area contributed by atoms with Gasteiger partial charge in [-0.05, 0) is 18.6 Å². The molecule has 116 valence electrons. The van der Waals surface area contributed by atoms with Crippen molar-refractivity contribution in [3.05, 3.63) is 27.7 Å². The molecule has 0 radical (unpaired) electrons. The van der Waals surface area contributed by atoms with Gasteiger partial charge in [-0.1, -0.05) is 42.0 Å². The first kappa shape index (κ1) is 18.3. The molecule has 1 N–H and O–H groups in total. The summed E-state index contributed by atoms with van der Waals surface area (Å²) in [4.78, 5) is -0.102. The van der Waals surface area contributed by atoms with Gasteiger partial charge in [0.25, 0.3) is 0 Å². The lowest BCUT2D eigenvalue weighted by Gasteiger charge is -2.18. The van der Waals surface area contributed by atoms with E-state index in [1.54, 1.807) is 0 Å². The fourth-order valence-electron chi connectivity index (χ4n) is 1.69. The molecule has 0 bridgehead atoms. The van der Waals surface area contributed by atoms with Gasteiger partial charge >= 0.3 is 0 Å². The van der Waals surface area contributed by atoms with Crippen LogP contribution in [0.25, 0.3) is 0 Å². The van der Waals surface area contributed by atoms with E-state index >= 15 is 0 Å². The van der Waals surface area contributed by atoms with Crippen molar-refractivity contribution in [2.75, 3.05) is 20.2 Å². The zero-order valence-corrected chi connectivity index (χ0v) is 14.2. The predicted molar refractivity (Wildman–Crippen MR) is 85.1 cm³/mol. The Hall–Kier alpha value is -0.770. The summed E-state index contributed by atoms with van der Waals surface area (Å²) in [7, 11) is -2.24. The van der Waals surface area contributed by atoms with Gasteiger partial charge in [0, 0.05) is 25.6 Å². The molecule has 1 aromatic carbocycles. The van der Waals surface area contributed by atoms with Crippen LogP contribution in [0.5, 0.6) is 0 Å². The molecule has 0 saturated heterocycles. The van der Waals surface area contributed by atoms with Crippen LogP contribution in [0.4, 0.5) is 0 Å². The van der Waals surface area contributed by atoms with Crippen molar-refractivity contribution in [3.63, 3.8) is 0 Å². The Kier molecular flexibility index (Phi) is 6.98. The van der Waals surface area contributed by atoms with Crippen molar-refractivity contribution in [1.29, 1.82) is 0 Å². The Morgan fingerprint density at radius 3 is 2.33 bits per heavy atom. The second-order valence-corrected chi connectivity index (χ2v) is 7.17. The molecule has 0 saturated carbocycles. The van der Waals surface area contributed by atoms with Crippen LogP contribution in [0, 0.1) is 11.8 Å². The number of hydrogen-bond acceptors (Lipinski definition) is 3. The minimum absolute atomic E-state index is 0.0389. The van der Waals surface area contributed by atoms with E-state index < -0.39 is 10.0 Å². The zero-order chi connectivity index (χ0) is 16.0. The van der Waals surface area contributed by atoms with E-state index in [4.69, 9.17) is 28.3 Å². The zero-order valence-electron chi connectivity index (χ0n) is 11.9. The third-order valence-corrected chi connectivity index (χ3v) is 5.45. The van der Waals surface area contributed by atoms with Gasteiger partial charge in [0.05, 0.1) is 16.7 Å². The highest BCUT2D eigenvalue weighted by Crippen LogP contribution is 2.32. The molecule has 1 rings (SSSR count). The molecule has 0 aliphatic carbocycles. The number of benzene rings is 1. The highest BCUT2D eigenvalue weighted by atomic mass is 35.5. The standard InChI is InChI=1S/C14H17Cl2NO3S/c1-3-7-17(2)21(19,20)14-12(15)9-11(10-13(14)16)6-4-5-8-18/h9-10,18H,3,5,7-8H2,1-2H3. The summed E-state index contributed by atoms with van der Waals surface area (Å²) in [6.07, 6.45) is 1.02. The van der Waals surface area contributed by atoms with Crippen molar-refractivity contribution in [3.8, 4) is 11.8 Å². The molecule has 0 aliphatic heterocycles. The van der Waals surface area contributed by atoms with E-state index in [9.17, 15) is 8.42 Å². The highest BCUT2D eigenvalue weighted by Gasteiger charge is 2.26. The molecule has 1 aromatic rings. The molecule has 0 aromatic heterocycles. The summed E-state index contributed by atoms with van der Waals surface area (Å²) in [6.45, 7) is 2.23. The minimum atomic E-state index is -3.72. The third kappa shape index (κ3) is 4.60. The molecular formula is C14H17Cl2NO3S. The predicted octanol–water partition coefficient (Wildman–Crippen LogP) is 2.76. The lowest BCUT2D eigenvalue weighted by Crippen LogP contribution is -2.28. The molecule has 0 amide bonds. The van der Waals surface area contributed by atoms with Gasteiger partial charge in [-0.2, -0.15) is 0 Å². The molecule has 0 atom stereocenters. The summed E-state index contributed by atoms with van der Waals surface area (Å²) in [5.74, 6) is 5.50. The lowest BCUT2D eigenvalue weighted by molar-refractivity contribution is 0.305. The van der Waals surface area contributed by atoms with Gasteiger partial charge in [0.1, 0.15) is 4.90 Å². The first-order chi connectivity index (χ1) is 9.84. The summed E-state index contributed by atoms with van der Waals surface area (Å²) < 4.78 is 26.1. The first-order valence-corrected chi connectivity index (χ1v) is 8.59. The maximum atomic E-state index is 12.4. The molecule has 7 heteroatoms. The Bertz CT molecular complexity index is 640.